The first-order chi connectivity index (χ1) is 17.7. The highest BCUT2D eigenvalue weighted by Crippen LogP contribution is 2.31. The summed E-state index contributed by atoms with van der Waals surface area (Å²) < 4.78 is 18.7. The fourth-order valence-corrected chi connectivity index (χ4v) is 4.82. The van der Waals surface area contributed by atoms with Crippen LogP contribution in [-0.2, 0) is 0 Å². The molecule has 36 heavy (non-hydrogen) atoms. The summed E-state index contributed by atoms with van der Waals surface area (Å²) in [5, 5.41) is 14.0. The van der Waals surface area contributed by atoms with Gasteiger partial charge >= 0.3 is 0 Å². The van der Waals surface area contributed by atoms with Gasteiger partial charge in [-0.2, -0.15) is 0 Å². The maximum atomic E-state index is 13.2. The molecule has 0 amide bonds. The third-order valence-corrected chi connectivity index (χ3v) is 7.15. The molecule has 0 radical (unpaired) electrons. The molecule has 0 bridgehead atoms. The van der Waals surface area contributed by atoms with E-state index in [2.05, 4.69) is 20.8 Å². The van der Waals surface area contributed by atoms with E-state index in [0.29, 0.717) is 45.1 Å². The van der Waals surface area contributed by atoms with Crippen molar-refractivity contribution >= 4 is 19.0 Å². The van der Waals surface area contributed by atoms with Gasteiger partial charge in [-0.15, -0.1) is 5.48 Å². The SMILES string of the molecule is CCCCCCOc1cc(OCCCCCC)c(P=C([O-])c2ccccc2)c(OCCCCCC)c1. The molecule has 2 aromatic carbocycles. The largest absolute Gasteiger partial charge is 0.823 e. The highest BCUT2D eigenvalue weighted by Gasteiger charge is 2.14. The summed E-state index contributed by atoms with van der Waals surface area (Å²) in [4.78, 5) is 0. The Kier molecular flexibility index (Phi) is 16.0. The van der Waals surface area contributed by atoms with E-state index >= 15 is 0 Å². The van der Waals surface area contributed by atoms with Crippen molar-refractivity contribution < 1.29 is 19.3 Å². The Morgan fingerprint density at radius 1 is 0.639 bits per heavy atom. The van der Waals surface area contributed by atoms with Crippen LogP contribution < -0.4 is 24.6 Å². The van der Waals surface area contributed by atoms with E-state index in [9.17, 15) is 5.11 Å². The van der Waals surface area contributed by atoms with Gasteiger partial charge in [0.25, 0.3) is 0 Å². The molecule has 0 heterocycles. The Morgan fingerprint density at radius 2 is 1.11 bits per heavy atom. The van der Waals surface area contributed by atoms with Crippen LogP contribution in [0.3, 0.4) is 0 Å². The maximum Gasteiger partial charge on any atom is 0.138 e. The first kappa shape index (κ1) is 30.2. The van der Waals surface area contributed by atoms with Gasteiger partial charge in [-0.1, -0.05) is 117 Å². The molecule has 0 saturated heterocycles. The van der Waals surface area contributed by atoms with Crippen molar-refractivity contribution in [1.29, 1.82) is 0 Å². The number of benzene rings is 2. The minimum absolute atomic E-state index is 0.0375. The molecule has 200 valence electrons. The van der Waals surface area contributed by atoms with Crippen molar-refractivity contribution in [3.05, 3.63) is 48.0 Å². The van der Waals surface area contributed by atoms with Crippen LogP contribution in [0.1, 0.15) is 103 Å². The monoisotopic (exact) mass is 513 g/mol. The fourth-order valence-electron chi connectivity index (χ4n) is 3.86. The fraction of sp³-hybridized carbons (Fsp3) is 0.581. The molecule has 0 atom stereocenters. The van der Waals surface area contributed by atoms with Gasteiger partial charge < -0.3 is 19.3 Å². The van der Waals surface area contributed by atoms with Crippen molar-refractivity contribution in [1.82, 2.24) is 0 Å². The average Bonchev–Trinajstić information content (AvgIpc) is 2.90. The van der Waals surface area contributed by atoms with E-state index in [0.717, 1.165) is 43.2 Å². The minimum Gasteiger partial charge on any atom is -0.823 e. The van der Waals surface area contributed by atoms with Crippen LogP contribution in [0.25, 0.3) is 0 Å². The molecule has 0 saturated carbocycles. The molecule has 5 heteroatoms. The van der Waals surface area contributed by atoms with E-state index in [1.807, 2.05) is 42.5 Å². The van der Waals surface area contributed by atoms with Gasteiger partial charge in [-0.25, -0.2) is 0 Å². The molecular weight excluding hydrogens is 467 g/mol. The van der Waals surface area contributed by atoms with Crippen molar-refractivity contribution in [2.45, 2.75) is 97.8 Å². The minimum atomic E-state index is 0.0375. The molecule has 2 aromatic rings. The van der Waals surface area contributed by atoms with Crippen molar-refractivity contribution in [2.24, 2.45) is 0 Å². The highest BCUT2D eigenvalue weighted by molar-refractivity contribution is 7.49. The van der Waals surface area contributed by atoms with Gasteiger partial charge in [0.1, 0.15) is 17.2 Å². The molecule has 0 aliphatic heterocycles. The summed E-state index contributed by atoms with van der Waals surface area (Å²) in [6.45, 7) is 8.54. The molecule has 0 aliphatic rings. The van der Waals surface area contributed by atoms with Crippen LogP contribution in [0.15, 0.2) is 42.5 Å². The molecule has 0 fully saturated rings. The number of ether oxygens (including phenoxy) is 3. The van der Waals surface area contributed by atoms with Crippen LogP contribution in [-0.4, -0.2) is 25.3 Å². The quantitative estimate of drug-likeness (QED) is 0.135. The van der Waals surface area contributed by atoms with Gasteiger partial charge in [0, 0.05) is 12.1 Å². The lowest BCUT2D eigenvalue weighted by molar-refractivity contribution is -0.207. The summed E-state index contributed by atoms with van der Waals surface area (Å²) in [6.07, 6.45) is 13.7. The molecule has 0 unspecified atom stereocenters. The molecule has 0 spiro atoms. The van der Waals surface area contributed by atoms with Gasteiger partial charge in [0.2, 0.25) is 0 Å². The third-order valence-electron chi connectivity index (χ3n) is 6.03. The van der Waals surface area contributed by atoms with E-state index < -0.39 is 0 Å². The second-order valence-electron chi connectivity index (χ2n) is 9.28. The molecular formula is C31H46O4P-. The summed E-state index contributed by atoms with van der Waals surface area (Å²) in [5.74, 6) is 2.16. The number of unbranched alkanes of at least 4 members (excludes halogenated alkanes) is 9. The second-order valence-corrected chi connectivity index (χ2v) is 10.4. The first-order valence-electron chi connectivity index (χ1n) is 14.1. The van der Waals surface area contributed by atoms with Crippen LogP contribution in [0, 0.1) is 0 Å². The summed E-state index contributed by atoms with van der Waals surface area (Å²) in [7, 11) is 0.559. The Labute approximate surface area is 221 Å². The van der Waals surface area contributed by atoms with Crippen LogP contribution in [0.2, 0.25) is 0 Å². The normalized spacial score (nSPS) is 11.5. The Balaban J connectivity index is 2.31. The van der Waals surface area contributed by atoms with E-state index in [1.54, 1.807) is 0 Å². The third kappa shape index (κ3) is 11.8. The zero-order valence-corrected chi connectivity index (χ0v) is 23.6. The smallest absolute Gasteiger partial charge is 0.138 e. The Bertz CT molecular complexity index is 831. The van der Waals surface area contributed by atoms with E-state index in [1.165, 1.54) is 44.9 Å². The molecule has 0 aromatic heterocycles. The average molecular weight is 514 g/mol. The number of hydrogen-bond acceptors (Lipinski definition) is 4. The molecule has 2 rings (SSSR count). The maximum absolute atomic E-state index is 13.2. The standard InChI is InChI=1S/C31H47O4P/c1-4-7-10-16-21-33-27-24-28(34-22-17-11-8-5-2)30(29(25-27)35-23-18-12-9-6-3)36-31(32)26-19-14-13-15-20-26/h13-15,19-20,24-25,32H,4-12,16-18,21-23H2,1-3H3/p-1. The number of rotatable bonds is 20. The summed E-state index contributed by atoms with van der Waals surface area (Å²) >= 11 is 0. The van der Waals surface area contributed by atoms with Crippen molar-refractivity contribution in [3.8, 4) is 17.2 Å². The molecule has 0 aliphatic carbocycles. The molecule has 4 nitrogen and oxygen atoms in total. The summed E-state index contributed by atoms with van der Waals surface area (Å²) in [5.41, 5.74) is 0.730. The lowest BCUT2D eigenvalue weighted by Crippen LogP contribution is -2.19. The topological polar surface area (TPSA) is 50.8 Å². The van der Waals surface area contributed by atoms with Gasteiger partial charge in [0.15, 0.2) is 0 Å². The van der Waals surface area contributed by atoms with Crippen molar-refractivity contribution in [2.75, 3.05) is 19.8 Å². The predicted octanol–water partition coefficient (Wildman–Crippen LogP) is 7.67. The van der Waals surface area contributed by atoms with Gasteiger partial charge in [-0.05, 0) is 24.8 Å². The van der Waals surface area contributed by atoms with E-state index in [-0.39, 0.29) is 5.48 Å². The second kappa shape index (κ2) is 19.1. The zero-order valence-electron chi connectivity index (χ0n) is 22.7. The summed E-state index contributed by atoms with van der Waals surface area (Å²) in [6, 6.07) is 13.3. The Morgan fingerprint density at radius 3 is 1.58 bits per heavy atom. The van der Waals surface area contributed by atoms with Crippen LogP contribution in [0.5, 0.6) is 17.2 Å². The number of hydrogen-bond donors (Lipinski definition) is 0. The van der Waals surface area contributed by atoms with Crippen LogP contribution >= 0.6 is 8.20 Å². The first-order valence-corrected chi connectivity index (χ1v) is 15.0. The highest BCUT2D eigenvalue weighted by atomic mass is 31.1. The predicted molar refractivity (Wildman–Crippen MR) is 152 cm³/mol. The van der Waals surface area contributed by atoms with Gasteiger partial charge in [0.05, 0.1) is 25.1 Å². The Hall–Kier alpha value is -2.03. The van der Waals surface area contributed by atoms with Gasteiger partial charge in [-0.3, -0.25) is 0 Å². The zero-order chi connectivity index (χ0) is 25.8. The molecule has 0 N–H and O–H groups in total. The van der Waals surface area contributed by atoms with Crippen LogP contribution in [0.4, 0.5) is 0 Å². The van der Waals surface area contributed by atoms with Crippen molar-refractivity contribution in [3.63, 3.8) is 0 Å². The lowest BCUT2D eigenvalue weighted by atomic mass is 10.2. The lowest BCUT2D eigenvalue weighted by Gasteiger charge is -2.19. The van der Waals surface area contributed by atoms with E-state index in [4.69, 9.17) is 14.2 Å².